The van der Waals surface area contributed by atoms with E-state index in [4.69, 9.17) is 0 Å². The molecule has 0 atom stereocenters. The second-order valence-electron chi connectivity index (χ2n) is 2.14. The Labute approximate surface area is 61.3 Å². The van der Waals surface area contributed by atoms with E-state index in [0.717, 1.165) is 18.5 Å². The smallest absolute Gasteiger partial charge is 0.0668 e. The van der Waals surface area contributed by atoms with Crippen LogP contribution in [0.1, 0.15) is 25.5 Å². The Balaban J connectivity index is 2.43. The van der Waals surface area contributed by atoms with E-state index >= 15 is 0 Å². The van der Waals surface area contributed by atoms with Gasteiger partial charge in [-0.15, -0.1) is 0 Å². The zero-order valence-electron chi connectivity index (χ0n) is 6.12. The number of rotatable bonds is 3. The van der Waals surface area contributed by atoms with E-state index in [1.54, 1.807) is 6.20 Å². The maximum atomic E-state index is 3.91. The van der Waals surface area contributed by atoms with Crippen molar-refractivity contribution in [3.05, 3.63) is 30.4 Å². The normalized spacial score (nSPS) is 9.70. The van der Waals surface area contributed by atoms with Gasteiger partial charge in [0.1, 0.15) is 0 Å². The lowest BCUT2D eigenvalue weighted by molar-refractivity contribution is 0.878. The summed E-state index contributed by atoms with van der Waals surface area (Å²) in [6, 6.07) is 3.86. The van der Waals surface area contributed by atoms with E-state index in [1.807, 2.05) is 12.1 Å². The topological polar surface area (TPSA) is 25.8 Å². The molecule has 0 aromatic carbocycles. The van der Waals surface area contributed by atoms with Gasteiger partial charge in [-0.2, -0.15) is 10.2 Å². The number of nitrogens with zero attached hydrogens (tertiary/aromatic N) is 2. The summed E-state index contributed by atoms with van der Waals surface area (Å²) in [5.41, 5.74) is 0.976. The van der Waals surface area contributed by atoms with Gasteiger partial charge >= 0.3 is 0 Å². The first-order chi connectivity index (χ1) is 4.93. The van der Waals surface area contributed by atoms with Gasteiger partial charge in [-0.1, -0.05) is 13.3 Å². The first kappa shape index (κ1) is 7.19. The molecule has 0 amide bonds. The summed E-state index contributed by atoms with van der Waals surface area (Å²) >= 11 is 0. The molecule has 1 aromatic heterocycles. The molecule has 0 spiro atoms. The molecule has 0 fully saturated rings. The van der Waals surface area contributed by atoms with Gasteiger partial charge in [-0.3, -0.25) is 0 Å². The Morgan fingerprint density at radius 2 is 2.50 bits per heavy atom. The molecular formula is C8H11N2. The molecular weight excluding hydrogens is 124 g/mol. The van der Waals surface area contributed by atoms with Crippen LogP contribution in [0.4, 0.5) is 0 Å². The molecule has 0 saturated carbocycles. The summed E-state index contributed by atoms with van der Waals surface area (Å²) in [5.74, 6) is 0. The van der Waals surface area contributed by atoms with Gasteiger partial charge < -0.3 is 0 Å². The van der Waals surface area contributed by atoms with E-state index in [1.165, 1.54) is 0 Å². The molecule has 10 heavy (non-hydrogen) atoms. The van der Waals surface area contributed by atoms with E-state index in [9.17, 15) is 0 Å². The monoisotopic (exact) mass is 135 g/mol. The van der Waals surface area contributed by atoms with Crippen molar-refractivity contribution in [3.63, 3.8) is 0 Å². The van der Waals surface area contributed by atoms with Crippen LogP contribution in [0.15, 0.2) is 18.3 Å². The summed E-state index contributed by atoms with van der Waals surface area (Å²) in [5, 5.41) is 7.67. The van der Waals surface area contributed by atoms with Gasteiger partial charge in [0, 0.05) is 12.6 Å². The van der Waals surface area contributed by atoms with Crippen LogP contribution in [0, 0.1) is 6.42 Å². The Morgan fingerprint density at radius 1 is 1.60 bits per heavy atom. The van der Waals surface area contributed by atoms with E-state index in [0.29, 0.717) is 0 Å². The average Bonchev–Trinajstić information content (AvgIpc) is 2.03. The van der Waals surface area contributed by atoms with Gasteiger partial charge in [-0.05, 0) is 18.6 Å². The Kier molecular flexibility index (Phi) is 2.87. The highest BCUT2D eigenvalue weighted by molar-refractivity contribution is 5.09. The highest BCUT2D eigenvalue weighted by Gasteiger charge is 1.90. The quantitative estimate of drug-likeness (QED) is 0.631. The van der Waals surface area contributed by atoms with Crippen molar-refractivity contribution in [2.24, 2.45) is 0 Å². The minimum Gasteiger partial charge on any atom is -0.159 e. The summed E-state index contributed by atoms with van der Waals surface area (Å²) in [6.07, 6.45) is 6.02. The minimum absolute atomic E-state index is 0.976. The van der Waals surface area contributed by atoms with Crippen LogP contribution < -0.4 is 0 Å². The third-order valence-corrected chi connectivity index (χ3v) is 1.24. The predicted octanol–water partition coefficient (Wildman–Crippen LogP) is 1.83. The summed E-state index contributed by atoms with van der Waals surface area (Å²) in [7, 11) is 0. The van der Waals surface area contributed by atoms with Gasteiger partial charge in [0.05, 0.1) is 5.69 Å². The molecule has 1 aromatic rings. The van der Waals surface area contributed by atoms with Crippen LogP contribution in [-0.4, -0.2) is 10.2 Å². The Hall–Kier alpha value is -0.920. The van der Waals surface area contributed by atoms with Crippen LogP contribution >= 0.6 is 0 Å². The molecule has 0 N–H and O–H groups in total. The van der Waals surface area contributed by atoms with Gasteiger partial charge in [0.25, 0.3) is 0 Å². The molecule has 0 aliphatic rings. The molecule has 0 saturated heterocycles. The van der Waals surface area contributed by atoms with Crippen molar-refractivity contribution in [2.45, 2.75) is 19.8 Å². The Morgan fingerprint density at radius 3 is 3.10 bits per heavy atom. The maximum absolute atomic E-state index is 3.91. The molecule has 0 bridgehead atoms. The third kappa shape index (κ3) is 2.13. The largest absolute Gasteiger partial charge is 0.159 e. The van der Waals surface area contributed by atoms with Gasteiger partial charge in [0.2, 0.25) is 0 Å². The summed E-state index contributed by atoms with van der Waals surface area (Å²) < 4.78 is 0. The minimum atomic E-state index is 0.976. The van der Waals surface area contributed by atoms with Crippen molar-refractivity contribution in [1.29, 1.82) is 0 Å². The van der Waals surface area contributed by atoms with Crippen molar-refractivity contribution in [2.75, 3.05) is 0 Å². The number of hydrogen-bond donors (Lipinski definition) is 0. The van der Waals surface area contributed by atoms with Gasteiger partial charge in [-0.25, -0.2) is 0 Å². The van der Waals surface area contributed by atoms with Crippen LogP contribution in [0.2, 0.25) is 0 Å². The molecule has 1 radical (unpaired) electrons. The predicted molar refractivity (Wildman–Crippen MR) is 40.3 cm³/mol. The second-order valence-corrected chi connectivity index (χ2v) is 2.14. The lowest BCUT2D eigenvalue weighted by Crippen LogP contribution is -1.87. The highest BCUT2D eigenvalue weighted by atomic mass is 15.1. The first-order valence-electron chi connectivity index (χ1n) is 3.54. The second kappa shape index (κ2) is 3.99. The maximum Gasteiger partial charge on any atom is 0.0668 e. The zero-order chi connectivity index (χ0) is 7.23. The Bertz CT molecular complexity index is 172. The number of unbranched alkanes of at least 4 members (excludes halogenated alkanes) is 1. The lowest BCUT2D eigenvalue weighted by atomic mass is 10.2. The van der Waals surface area contributed by atoms with E-state index in [2.05, 4.69) is 23.5 Å². The molecule has 2 nitrogen and oxygen atoms in total. The number of aromatic nitrogens is 2. The molecule has 53 valence electrons. The van der Waals surface area contributed by atoms with Crippen molar-refractivity contribution < 1.29 is 0 Å². The first-order valence-corrected chi connectivity index (χ1v) is 3.54. The van der Waals surface area contributed by atoms with Crippen LogP contribution in [-0.2, 0) is 0 Å². The van der Waals surface area contributed by atoms with Crippen molar-refractivity contribution in [3.8, 4) is 0 Å². The molecule has 1 rings (SSSR count). The fraction of sp³-hybridized carbons (Fsp3) is 0.375. The average molecular weight is 135 g/mol. The van der Waals surface area contributed by atoms with Crippen LogP contribution in [0.25, 0.3) is 0 Å². The molecule has 0 aliphatic carbocycles. The standard InChI is InChI=1S/C8H11N2/c1-2-3-5-8-6-4-7-9-10-8/h4-7H,2-3H2,1H3. The van der Waals surface area contributed by atoms with E-state index in [-0.39, 0.29) is 0 Å². The summed E-state index contributed by atoms with van der Waals surface area (Å²) in [4.78, 5) is 0. The van der Waals surface area contributed by atoms with Gasteiger partial charge in [0.15, 0.2) is 0 Å². The van der Waals surface area contributed by atoms with Crippen molar-refractivity contribution in [1.82, 2.24) is 10.2 Å². The third-order valence-electron chi connectivity index (χ3n) is 1.24. The molecule has 0 unspecified atom stereocenters. The molecule has 0 aliphatic heterocycles. The van der Waals surface area contributed by atoms with Crippen LogP contribution in [0.5, 0.6) is 0 Å². The fourth-order valence-corrected chi connectivity index (χ4v) is 0.715. The van der Waals surface area contributed by atoms with E-state index < -0.39 is 0 Å². The summed E-state index contributed by atoms with van der Waals surface area (Å²) in [6.45, 7) is 2.15. The van der Waals surface area contributed by atoms with Crippen molar-refractivity contribution >= 4 is 0 Å². The molecule has 2 heteroatoms. The highest BCUT2D eigenvalue weighted by Crippen LogP contribution is 2.01. The van der Waals surface area contributed by atoms with Crippen LogP contribution in [0.3, 0.4) is 0 Å². The lowest BCUT2D eigenvalue weighted by Gasteiger charge is -1.93. The SMILES string of the molecule is CCC[CH]c1cccnn1. The molecule has 1 heterocycles. The zero-order valence-corrected chi connectivity index (χ0v) is 6.12. The fourth-order valence-electron chi connectivity index (χ4n) is 0.715. The number of hydrogen-bond acceptors (Lipinski definition) is 2.